The molecule has 2 heteroatoms. The third-order valence-corrected chi connectivity index (χ3v) is 6.01. The lowest BCUT2D eigenvalue weighted by atomic mass is 9.76. The Bertz CT molecular complexity index is 1070. The van der Waals surface area contributed by atoms with Crippen molar-refractivity contribution in [1.29, 1.82) is 0 Å². The molecule has 0 saturated heterocycles. The average molecular weight is 409 g/mol. The van der Waals surface area contributed by atoms with Gasteiger partial charge in [-0.1, -0.05) is 86.6 Å². The second-order valence-corrected chi connectivity index (χ2v) is 8.19. The van der Waals surface area contributed by atoms with E-state index in [4.69, 9.17) is 9.47 Å². The molecular formula is C29H28O2. The van der Waals surface area contributed by atoms with Crippen LogP contribution in [0, 0.1) is 0 Å². The van der Waals surface area contributed by atoms with Crippen LogP contribution >= 0.6 is 0 Å². The molecular weight excluding hydrogens is 380 g/mol. The number of rotatable bonds is 6. The maximum Gasteiger partial charge on any atom is 0.126 e. The maximum atomic E-state index is 5.66. The fourth-order valence-corrected chi connectivity index (χ4v) is 4.05. The lowest BCUT2D eigenvalue weighted by molar-refractivity contribution is 0.415. The third kappa shape index (κ3) is 4.06. The van der Waals surface area contributed by atoms with Crippen LogP contribution in [0.2, 0.25) is 0 Å². The van der Waals surface area contributed by atoms with E-state index in [0.717, 1.165) is 33.8 Å². The van der Waals surface area contributed by atoms with E-state index < -0.39 is 0 Å². The summed E-state index contributed by atoms with van der Waals surface area (Å²) in [6.45, 7) is 4.53. The molecule has 0 N–H and O–H groups in total. The summed E-state index contributed by atoms with van der Waals surface area (Å²) in [6, 6.07) is 33.8. The molecule has 0 amide bonds. The van der Waals surface area contributed by atoms with Crippen molar-refractivity contribution >= 4 is 0 Å². The van der Waals surface area contributed by atoms with Gasteiger partial charge < -0.3 is 9.47 Å². The van der Waals surface area contributed by atoms with Gasteiger partial charge in [-0.25, -0.2) is 0 Å². The summed E-state index contributed by atoms with van der Waals surface area (Å²) < 4.78 is 11.3. The summed E-state index contributed by atoms with van der Waals surface area (Å²) in [5.74, 6) is 1.76. The SMILES string of the molecule is COc1ccc(C(C)(C)c2ccc(OC)c(-c3ccccc3)c2)cc1-c1ccccc1. The Morgan fingerprint density at radius 2 is 0.903 bits per heavy atom. The van der Waals surface area contributed by atoms with Gasteiger partial charge in [-0.3, -0.25) is 0 Å². The first kappa shape index (κ1) is 20.7. The van der Waals surface area contributed by atoms with Crippen LogP contribution < -0.4 is 9.47 Å². The van der Waals surface area contributed by atoms with Crippen molar-refractivity contribution in [2.45, 2.75) is 19.3 Å². The molecule has 0 aliphatic heterocycles. The fourth-order valence-electron chi connectivity index (χ4n) is 4.05. The lowest BCUT2D eigenvalue weighted by Crippen LogP contribution is -2.19. The molecule has 0 spiro atoms. The number of hydrogen-bond acceptors (Lipinski definition) is 2. The van der Waals surface area contributed by atoms with E-state index >= 15 is 0 Å². The molecule has 2 nitrogen and oxygen atoms in total. The summed E-state index contributed by atoms with van der Waals surface area (Å²) in [6.07, 6.45) is 0. The Morgan fingerprint density at radius 3 is 1.26 bits per heavy atom. The minimum absolute atomic E-state index is 0.203. The molecule has 0 saturated carbocycles. The summed E-state index contributed by atoms with van der Waals surface area (Å²) in [4.78, 5) is 0. The number of hydrogen-bond donors (Lipinski definition) is 0. The van der Waals surface area contributed by atoms with Crippen molar-refractivity contribution in [1.82, 2.24) is 0 Å². The number of benzene rings is 4. The quantitative estimate of drug-likeness (QED) is 0.332. The van der Waals surface area contributed by atoms with Crippen LogP contribution in [0.15, 0.2) is 97.1 Å². The third-order valence-electron chi connectivity index (χ3n) is 6.01. The highest BCUT2D eigenvalue weighted by atomic mass is 16.5. The lowest BCUT2D eigenvalue weighted by Gasteiger charge is -2.28. The van der Waals surface area contributed by atoms with Gasteiger partial charge in [0.15, 0.2) is 0 Å². The van der Waals surface area contributed by atoms with E-state index in [9.17, 15) is 0 Å². The largest absolute Gasteiger partial charge is 0.496 e. The van der Waals surface area contributed by atoms with Crippen LogP contribution in [-0.2, 0) is 5.41 Å². The zero-order valence-electron chi connectivity index (χ0n) is 18.6. The molecule has 0 unspecified atom stereocenters. The fraction of sp³-hybridized carbons (Fsp3) is 0.172. The monoisotopic (exact) mass is 408 g/mol. The van der Waals surface area contributed by atoms with Crippen LogP contribution in [0.25, 0.3) is 22.3 Å². The van der Waals surface area contributed by atoms with Crippen molar-refractivity contribution in [3.63, 3.8) is 0 Å². The summed E-state index contributed by atoms with van der Waals surface area (Å²) in [7, 11) is 3.45. The predicted octanol–water partition coefficient (Wildman–Crippen LogP) is 7.36. The first-order chi connectivity index (χ1) is 15.0. The van der Waals surface area contributed by atoms with Crippen LogP contribution in [-0.4, -0.2) is 14.2 Å². The van der Waals surface area contributed by atoms with Crippen molar-refractivity contribution in [3.8, 4) is 33.8 Å². The molecule has 0 aliphatic carbocycles. The highest BCUT2D eigenvalue weighted by Gasteiger charge is 2.26. The van der Waals surface area contributed by atoms with Gasteiger partial charge in [0.05, 0.1) is 14.2 Å². The van der Waals surface area contributed by atoms with E-state index in [1.807, 2.05) is 12.1 Å². The molecule has 4 aromatic rings. The standard InChI is InChI=1S/C29H28O2/c1-29(2,23-15-17-27(30-3)25(19-23)21-11-7-5-8-12-21)24-16-18-28(31-4)26(20-24)22-13-9-6-10-14-22/h5-20H,1-4H3. The molecule has 0 radical (unpaired) electrons. The van der Waals surface area contributed by atoms with Gasteiger partial charge in [-0.15, -0.1) is 0 Å². The van der Waals surface area contributed by atoms with Gasteiger partial charge in [-0.2, -0.15) is 0 Å². The minimum Gasteiger partial charge on any atom is -0.496 e. The molecule has 4 aromatic carbocycles. The highest BCUT2D eigenvalue weighted by molar-refractivity contribution is 5.74. The minimum atomic E-state index is -0.203. The molecule has 4 rings (SSSR count). The molecule has 156 valence electrons. The van der Waals surface area contributed by atoms with E-state index in [2.05, 4.69) is 98.8 Å². The topological polar surface area (TPSA) is 18.5 Å². The van der Waals surface area contributed by atoms with E-state index in [0.29, 0.717) is 0 Å². The summed E-state index contributed by atoms with van der Waals surface area (Å²) in [5, 5.41) is 0. The predicted molar refractivity (Wildman–Crippen MR) is 129 cm³/mol. The van der Waals surface area contributed by atoms with Crippen LogP contribution in [0.4, 0.5) is 0 Å². The highest BCUT2D eigenvalue weighted by Crippen LogP contribution is 2.40. The summed E-state index contributed by atoms with van der Waals surface area (Å²) in [5.41, 5.74) is 6.77. The van der Waals surface area contributed by atoms with Gasteiger partial charge in [0, 0.05) is 16.5 Å². The smallest absolute Gasteiger partial charge is 0.126 e. The number of methoxy groups -OCH3 is 2. The van der Waals surface area contributed by atoms with Crippen LogP contribution in [0.1, 0.15) is 25.0 Å². The maximum absolute atomic E-state index is 5.66. The Balaban J connectivity index is 1.82. The van der Waals surface area contributed by atoms with Crippen LogP contribution in [0.5, 0.6) is 11.5 Å². The van der Waals surface area contributed by atoms with Crippen molar-refractivity contribution in [2.75, 3.05) is 14.2 Å². The molecule has 0 bridgehead atoms. The zero-order valence-corrected chi connectivity index (χ0v) is 18.6. The first-order valence-electron chi connectivity index (χ1n) is 10.5. The molecule has 31 heavy (non-hydrogen) atoms. The second-order valence-electron chi connectivity index (χ2n) is 8.19. The molecule has 0 aliphatic rings. The average Bonchev–Trinajstić information content (AvgIpc) is 2.84. The Morgan fingerprint density at radius 1 is 0.516 bits per heavy atom. The van der Waals surface area contributed by atoms with Gasteiger partial charge in [0.2, 0.25) is 0 Å². The van der Waals surface area contributed by atoms with Crippen molar-refractivity contribution in [3.05, 3.63) is 108 Å². The Hall–Kier alpha value is -3.52. The Kier molecular flexibility index (Phi) is 5.81. The van der Waals surface area contributed by atoms with Crippen LogP contribution in [0.3, 0.4) is 0 Å². The zero-order chi connectivity index (χ0) is 21.8. The normalized spacial score (nSPS) is 11.2. The van der Waals surface area contributed by atoms with E-state index in [1.165, 1.54) is 11.1 Å². The number of ether oxygens (including phenoxy) is 2. The molecule has 0 atom stereocenters. The van der Waals surface area contributed by atoms with E-state index in [1.54, 1.807) is 14.2 Å². The van der Waals surface area contributed by atoms with E-state index in [-0.39, 0.29) is 5.41 Å². The van der Waals surface area contributed by atoms with Gasteiger partial charge in [0.1, 0.15) is 11.5 Å². The van der Waals surface area contributed by atoms with Crippen molar-refractivity contribution in [2.24, 2.45) is 0 Å². The second kappa shape index (κ2) is 8.69. The first-order valence-corrected chi connectivity index (χ1v) is 10.5. The Labute approximate surface area is 185 Å². The van der Waals surface area contributed by atoms with Gasteiger partial charge in [0.25, 0.3) is 0 Å². The summed E-state index contributed by atoms with van der Waals surface area (Å²) >= 11 is 0. The van der Waals surface area contributed by atoms with Gasteiger partial charge in [-0.05, 0) is 46.5 Å². The van der Waals surface area contributed by atoms with Crippen molar-refractivity contribution < 1.29 is 9.47 Å². The molecule has 0 aromatic heterocycles. The van der Waals surface area contributed by atoms with Gasteiger partial charge >= 0.3 is 0 Å². The molecule has 0 heterocycles. The molecule has 0 fully saturated rings.